The van der Waals surface area contributed by atoms with E-state index < -0.39 is 46.3 Å². The van der Waals surface area contributed by atoms with Crippen LogP contribution in [0, 0.1) is 5.82 Å². The maximum absolute atomic E-state index is 14.2. The predicted molar refractivity (Wildman–Crippen MR) is 170 cm³/mol. The first-order chi connectivity index (χ1) is 21.3. The Morgan fingerprint density at radius 2 is 1.54 bits per heavy atom. The number of carbonyl (C=O) groups is 2. The Bertz CT molecular complexity index is 1820. The molecule has 1 aromatic heterocycles. The fraction of sp³-hybridized carbons (Fsp3) is 0.212. The normalized spacial score (nSPS) is 12.9. The largest absolute Gasteiger partial charge is 1.00 e. The number of sulfonamides is 1. The van der Waals surface area contributed by atoms with Crippen LogP contribution in [0.4, 0.5) is 10.1 Å². The molecule has 10 nitrogen and oxygen atoms in total. The number of halogens is 1. The standard InChI is InChI=1S/C33H34FN3O7S.Na.H/c1-20(2)37-28(17-14-25(38)18-26(39)19-29(40)41)30(22-8-10-23(34)11-9-22)31(21-6-4-3-5-7-21)32(37)33(42)36-24-12-15-27(16-13-24)45(35,43)44;;/h3-17,20,25-26,38-39H,18-19H2,1-2H3,(H,36,42)(H,40,41)(H2,35,43,44);;/q;+1;-1/t25-,26-;;/m1../s1. The molecule has 0 aliphatic carbocycles. The minimum absolute atomic E-state index is 0. The van der Waals surface area contributed by atoms with Gasteiger partial charge < -0.3 is 26.6 Å². The summed E-state index contributed by atoms with van der Waals surface area (Å²) in [5.74, 6) is -2.18. The van der Waals surface area contributed by atoms with Gasteiger partial charge in [-0.05, 0) is 67.4 Å². The number of rotatable bonds is 12. The van der Waals surface area contributed by atoms with Crippen LogP contribution in [-0.2, 0) is 14.8 Å². The molecule has 2 atom stereocenters. The average molecular weight is 660 g/mol. The number of nitrogens with two attached hydrogens (primary N) is 1. The average Bonchev–Trinajstić information content (AvgIpc) is 3.32. The van der Waals surface area contributed by atoms with Crippen LogP contribution in [0.5, 0.6) is 0 Å². The Kier molecular flexibility index (Phi) is 12.6. The molecule has 0 aliphatic heterocycles. The molecule has 0 unspecified atom stereocenters. The van der Waals surface area contributed by atoms with Crippen molar-refractivity contribution in [3.63, 3.8) is 0 Å². The molecule has 0 saturated heterocycles. The molecule has 238 valence electrons. The summed E-state index contributed by atoms with van der Waals surface area (Å²) in [4.78, 5) is 25.0. The Hall–Kier alpha value is -3.62. The zero-order valence-electron chi connectivity index (χ0n) is 26.6. The van der Waals surface area contributed by atoms with Gasteiger partial charge in [0.15, 0.2) is 0 Å². The number of nitrogens with one attached hydrogen (secondary N) is 1. The van der Waals surface area contributed by atoms with Gasteiger partial charge in [-0.3, -0.25) is 9.59 Å². The zero-order chi connectivity index (χ0) is 32.9. The van der Waals surface area contributed by atoms with E-state index in [9.17, 15) is 32.6 Å². The molecule has 1 amide bonds. The Morgan fingerprint density at radius 3 is 2.09 bits per heavy atom. The SMILES string of the molecule is CC(C)n1c(C=C[C@@H](O)C[C@@H](O)CC(=O)O)c(-c2ccc(F)cc2)c(-c2ccccc2)c1C(=O)Nc1ccc(S(N)(=O)=O)cc1.[H-].[Na+]. The van der Waals surface area contributed by atoms with Gasteiger partial charge in [-0.15, -0.1) is 0 Å². The minimum Gasteiger partial charge on any atom is -1.00 e. The maximum atomic E-state index is 14.2. The second kappa shape index (κ2) is 15.8. The third-order valence-electron chi connectivity index (χ3n) is 7.01. The topological polar surface area (TPSA) is 172 Å². The van der Waals surface area contributed by atoms with Gasteiger partial charge in [-0.2, -0.15) is 0 Å². The third kappa shape index (κ3) is 9.01. The molecule has 0 radical (unpaired) electrons. The summed E-state index contributed by atoms with van der Waals surface area (Å²) in [6.45, 7) is 3.73. The van der Waals surface area contributed by atoms with Gasteiger partial charge in [0, 0.05) is 35.0 Å². The van der Waals surface area contributed by atoms with E-state index in [0.717, 1.165) is 0 Å². The van der Waals surface area contributed by atoms with Crippen molar-refractivity contribution in [2.45, 2.75) is 49.8 Å². The number of aliphatic hydroxyl groups is 2. The molecule has 3 aromatic carbocycles. The van der Waals surface area contributed by atoms with E-state index in [1.165, 1.54) is 42.5 Å². The molecule has 0 aliphatic rings. The van der Waals surface area contributed by atoms with Crippen LogP contribution in [0.15, 0.2) is 89.8 Å². The Balaban J connectivity index is 0.00000384. The molecule has 0 saturated carbocycles. The number of anilines is 1. The van der Waals surface area contributed by atoms with Crippen LogP contribution in [-0.4, -0.2) is 52.4 Å². The minimum atomic E-state index is -3.94. The van der Waals surface area contributed by atoms with Crippen molar-refractivity contribution in [2.24, 2.45) is 5.14 Å². The first kappa shape index (κ1) is 36.8. The first-order valence-corrected chi connectivity index (χ1v) is 15.6. The summed E-state index contributed by atoms with van der Waals surface area (Å²) >= 11 is 0. The molecule has 1 heterocycles. The number of aliphatic carboxylic acids is 1. The quantitative estimate of drug-likeness (QED) is 0.145. The predicted octanol–water partition coefficient (Wildman–Crippen LogP) is 2.16. The number of aliphatic hydroxyl groups excluding tert-OH is 2. The molecule has 4 aromatic rings. The van der Waals surface area contributed by atoms with Gasteiger partial charge in [0.05, 0.1) is 23.5 Å². The third-order valence-corrected chi connectivity index (χ3v) is 7.94. The van der Waals surface area contributed by atoms with E-state index in [4.69, 9.17) is 10.2 Å². The van der Waals surface area contributed by atoms with Gasteiger partial charge >= 0.3 is 35.5 Å². The van der Waals surface area contributed by atoms with Crippen molar-refractivity contribution in [3.8, 4) is 22.3 Å². The number of amides is 1. The van der Waals surface area contributed by atoms with Crippen molar-refractivity contribution in [1.29, 1.82) is 0 Å². The van der Waals surface area contributed by atoms with E-state index in [1.807, 2.05) is 44.2 Å². The van der Waals surface area contributed by atoms with Crippen LogP contribution in [0.25, 0.3) is 28.3 Å². The fourth-order valence-corrected chi connectivity index (χ4v) is 5.60. The molecule has 0 fully saturated rings. The van der Waals surface area contributed by atoms with E-state index in [2.05, 4.69) is 5.32 Å². The first-order valence-electron chi connectivity index (χ1n) is 14.1. The second-order valence-corrected chi connectivity index (χ2v) is 12.3. The van der Waals surface area contributed by atoms with Crippen molar-refractivity contribution in [3.05, 3.63) is 102 Å². The van der Waals surface area contributed by atoms with E-state index >= 15 is 0 Å². The molecule has 13 heteroatoms. The number of nitrogens with zero attached hydrogens (tertiary/aromatic N) is 1. The molecule has 6 N–H and O–H groups in total. The van der Waals surface area contributed by atoms with E-state index in [1.54, 1.807) is 22.8 Å². The number of aromatic nitrogens is 1. The number of carboxylic acid groups (broad SMARTS) is 1. The fourth-order valence-electron chi connectivity index (χ4n) is 5.09. The molecule has 4 rings (SSSR count). The van der Waals surface area contributed by atoms with Gasteiger partial charge in [0.1, 0.15) is 11.5 Å². The summed E-state index contributed by atoms with van der Waals surface area (Å²) in [6.07, 6.45) is -0.252. The number of benzene rings is 3. The van der Waals surface area contributed by atoms with Gasteiger partial charge in [0.2, 0.25) is 10.0 Å². The monoisotopic (exact) mass is 659 g/mol. The Morgan fingerprint density at radius 1 is 0.957 bits per heavy atom. The van der Waals surface area contributed by atoms with E-state index in [-0.39, 0.29) is 54.0 Å². The maximum Gasteiger partial charge on any atom is 1.00 e. The molecule has 0 bridgehead atoms. The van der Waals surface area contributed by atoms with Crippen molar-refractivity contribution < 1.29 is 68.7 Å². The molecular weight excluding hydrogens is 624 g/mol. The number of hydrogen-bond donors (Lipinski definition) is 5. The van der Waals surface area contributed by atoms with Crippen LogP contribution < -0.4 is 40.0 Å². The summed E-state index contributed by atoms with van der Waals surface area (Å²) in [5, 5.41) is 37.7. The van der Waals surface area contributed by atoms with Gasteiger partial charge in [-0.25, -0.2) is 17.9 Å². The molecular formula is C33H35FN3NaO7S. The van der Waals surface area contributed by atoms with Crippen molar-refractivity contribution >= 4 is 33.7 Å². The summed E-state index contributed by atoms with van der Waals surface area (Å²) in [7, 11) is -3.94. The van der Waals surface area contributed by atoms with E-state index in [0.29, 0.717) is 33.6 Å². The van der Waals surface area contributed by atoms with Crippen LogP contribution in [0.2, 0.25) is 0 Å². The molecule has 0 spiro atoms. The second-order valence-electron chi connectivity index (χ2n) is 10.8. The summed E-state index contributed by atoms with van der Waals surface area (Å²) < 4.78 is 39.3. The zero-order valence-corrected chi connectivity index (χ0v) is 28.4. The van der Waals surface area contributed by atoms with Crippen molar-refractivity contribution in [2.75, 3.05) is 5.32 Å². The van der Waals surface area contributed by atoms with Crippen LogP contribution in [0.1, 0.15) is 50.3 Å². The smallest absolute Gasteiger partial charge is 1.00 e. The number of carbonyl (C=O) groups excluding carboxylic acids is 1. The molecule has 46 heavy (non-hydrogen) atoms. The number of carboxylic acids is 1. The van der Waals surface area contributed by atoms with Gasteiger partial charge in [-0.1, -0.05) is 48.5 Å². The number of primary sulfonamides is 1. The van der Waals surface area contributed by atoms with Crippen LogP contribution in [0.3, 0.4) is 0 Å². The Labute approximate surface area is 290 Å². The summed E-state index contributed by atoms with van der Waals surface area (Å²) in [6, 6.07) is 20.0. The van der Waals surface area contributed by atoms with Gasteiger partial charge in [0.25, 0.3) is 5.91 Å². The summed E-state index contributed by atoms with van der Waals surface area (Å²) in [5.41, 5.74) is 3.40. The van der Waals surface area contributed by atoms with Crippen LogP contribution >= 0.6 is 0 Å². The number of hydrogen-bond acceptors (Lipinski definition) is 6. The van der Waals surface area contributed by atoms with Crippen molar-refractivity contribution in [1.82, 2.24) is 4.57 Å².